The predicted octanol–water partition coefficient (Wildman–Crippen LogP) is 1.38. The highest BCUT2D eigenvalue weighted by molar-refractivity contribution is 5.81. The molecule has 0 bridgehead atoms. The average Bonchev–Trinajstić information content (AvgIpc) is 2.85. The maximum atomic E-state index is 12.0. The number of rotatable bonds is 7. The molecule has 0 aromatic carbocycles. The highest BCUT2D eigenvalue weighted by atomic mass is 16.3. The van der Waals surface area contributed by atoms with Gasteiger partial charge in [0, 0.05) is 6.54 Å². The summed E-state index contributed by atoms with van der Waals surface area (Å²) in [6.45, 7) is 2.48. The molecule has 0 radical (unpaired) electrons. The molecule has 4 heteroatoms. The number of nitrogens with one attached hydrogen (secondary N) is 1. The molecule has 4 nitrogen and oxygen atoms in total. The molecule has 1 rings (SSSR count). The number of hydrogen-bond acceptors (Lipinski definition) is 3. The van der Waals surface area contributed by atoms with E-state index in [1.807, 2.05) is 19.0 Å². The quantitative estimate of drug-likeness (QED) is 0.723. The van der Waals surface area contributed by atoms with Crippen LogP contribution in [0.3, 0.4) is 0 Å². The second-order valence-corrected chi connectivity index (χ2v) is 5.63. The number of aliphatic hydroxyl groups is 1. The maximum Gasteiger partial charge on any atom is 0.237 e. The van der Waals surface area contributed by atoms with Crippen molar-refractivity contribution in [2.75, 3.05) is 20.6 Å². The molecule has 0 spiro atoms. The van der Waals surface area contributed by atoms with E-state index in [0.29, 0.717) is 12.5 Å². The lowest BCUT2D eigenvalue weighted by molar-refractivity contribution is -0.126. The molecule has 1 fully saturated rings. The van der Waals surface area contributed by atoms with Crippen molar-refractivity contribution in [3.63, 3.8) is 0 Å². The Hall–Kier alpha value is -0.610. The summed E-state index contributed by atoms with van der Waals surface area (Å²) < 4.78 is 0. The van der Waals surface area contributed by atoms with Crippen LogP contribution in [0.5, 0.6) is 0 Å². The van der Waals surface area contributed by atoms with Crippen LogP contribution in [-0.2, 0) is 4.79 Å². The highest BCUT2D eigenvalue weighted by Crippen LogP contribution is 2.27. The Kier molecular flexibility index (Phi) is 6.65. The summed E-state index contributed by atoms with van der Waals surface area (Å²) in [5, 5.41) is 12.9. The average molecular weight is 256 g/mol. The van der Waals surface area contributed by atoms with Gasteiger partial charge in [0.25, 0.3) is 0 Å². The van der Waals surface area contributed by atoms with Crippen molar-refractivity contribution in [2.24, 2.45) is 5.92 Å². The molecule has 0 aromatic rings. The third kappa shape index (κ3) is 4.58. The number of nitrogens with zero attached hydrogens (tertiary/aromatic N) is 1. The van der Waals surface area contributed by atoms with Crippen LogP contribution >= 0.6 is 0 Å². The third-order valence-corrected chi connectivity index (χ3v) is 3.92. The van der Waals surface area contributed by atoms with Gasteiger partial charge in [-0.1, -0.05) is 26.2 Å². The van der Waals surface area contributed by atoms with Gasteiger partial charge in [0.1, 0.15) is 0 Å². The SMILES string of the molecule is CCCC(C(=O)NCC(O)C1CCCC1)N(C)C. The summed E-state index contributed by atoms with van der Waals surface area (Å²) in [5.74, 6) is 0.424. The van der Waals surface area contributed by atoms with Crippen LogP contribution < -0.4 is 5.32 Å². The van der Waals surface area contributed by atoms with E-state index in [2.05, 4.69) is 12.2 Å². The molecule has 2 atom stereocenters. The first-order valence-corrected chi connectivity index (χ1v) is 7.18. The Morgan fingerprint density at radius 2 is 2.00 bits per heavy atom. The maximum absolute atomic E-state index is 12.0. The van der Waals surface area contributed by atoms with E-state index in [-0.39, 0.29) is 18.1 Å². The van der Waals surface area contributed by atoms with Crippen molar-refractivity contribution < 1.29 is 9.90 Å². The molecule has 0 aromatic heterocycles. The van der Waals surface area contributed by atoms with Crippen LogP contribution in [0.25, 0.3) is 0 Å². The Labute approximate surface area is 111 Å². The van der Waals surface area contributed by atoms with Gasteiger partial charge >= 0.3 is 0 Å². The molecular weight excluding hydrogens is 228 g/mol. The third-order valence-electron chi connectivity index (χ3n) is 3.92. The van der Waals surface area contributed by atoms with Crippen LogP contribution in [0.15, 0.2) is 0 Å². The Bertz CT molecular complexity index is 250. The molecule has 18 heavy (non-hydrogen) atoms. The molecule has 2 N–H and O–H groups in total. The first-order chi connectivity index (χ1) is 8.56. The lowest BCUT2D eigenvalue weighted by Gasteiger charge is -2.24. The largest absolute Gasteiger partial charge is 0.391 e. The van der Waals surface area contributed by atoms with Gasteiger partial charge in [-0.25, -0.2) is 0 Å². The van der Waals surface area contributed by atoms with Crippen molar-refractivity contribution in [1.29, 1.82) is 0 Å². The van der Waals surface area contributed by atoms with Crippen LogP contribution in [0.2, 0.25) is 0 Å². The fraction of sp³-hybridized carbons (Fsp3) is 0.929. The van der Waals surface area contributed by atoms with Crippen molar-refractivity contribution in [2.45, 2.75) is 57.6 Å². The first kappa shape index (κ1) is 15.4. The van der Waals surface area contributed by atoms with Gasteiger partial charge < -0.3 is 10.4 Å². The topological polar surface area (TPSA) is 52.6 Å². The number of likely N-dealkylation sites (N-methyl/N-ethyl adjacent to an activating group) is 1. The summed E-state index contributed by atoms with van der Waals surface area (Å²) in [5.41, 5.74) is 0. The minimum atomic E-state index is -0.374. The summed E-state index contributed by atoms with van der Waals surface area (Å²) in [7, 11) is 3.85. The van der Waals surface area contributed by atoms with Crippen LogP contribution in [0, 0.1) is 5.92 Å². The number of aliphatic hydroxyl groups excluding tert-OH is 1. The summed E-state index contributed by atoms with van der Waals surface area (Å²) in [6.07, 6.45) is 6.10. The van der Waals surface area contributed by atoms with Crippen molar-refractivity contribution in [3.05, 3.63) is 0 Å². The molecule has 2 unspecified atom stereocenters. The zero-order valence-corrected chi connectivity index (χ0v) is 12.0. The van der Waals surface area contributed by atoms with E-state index in [4.69, 9.17) is 0 Å². The van der Waals surface area contributed by atoms with Crippen molar-refractivity contribution in [1.82, 2.24) is 10.2 Å². The zero-order valence-electron chi connectivity index (χ0n) is 12.0. The molecule has 1 aliphatic rings. The lowest BCUT2D eigenvalue weighted by Crippen LogP contribution is -2.46. The molecule has 106 valence electrons. The number of carbonyl (C=O) groups is 1. The van der Waals surface area contributed by atoms with Gasteiger partial charge in [-0.05, 0) is 39.3 Å². The van der Waals surface area contributed by atoms with Gasteiger partial charge in [0.15, 0.2) is 0 Å². The van der Waals surface area contributed by atoms with E-state index < -0.39 is 0 Å². The monoisotopic (exact) mass is 256 g/mol. The van der Waals surface area contributed by atoms with Gasteiger partial charge in [-0.15, -0.1) is 0 Å². The summed E-state index contributed by atoms with van der Waals surface area (Å²) in [4.78, 5) is 14.0. The number of hydrogen-bond donors (Lipinski definition) is 2. The zero-order chi connectivity index (χ0) is 13.5. The van der Waals surface area contributed by atoms with E-state index in [0.717, 1.165) is 25.7 Å². The molecule has 0 saturated heterocycles. The summed E-state index contributed by atoms with van der Waals surface area (Å²) in [6, 6.07) is -0.0780. The minimum Gasteiger partial charge on any atom is -0.391 e. The fourth-order valence-electron chi connectivity index (χ4n) is 2.73. The van der Waals surface area contributed by atoms with E-state index in [1.54, 1.807) is 0 Å². The van der Waals surface area contributed by atoms with Crippen molar-refractivity contribution >= 4 is 5.91 Å². The Morgan fingerprint density at radius 1 is 1.39 bits per heavy atom. The standard InChI is InChI=1S/C14H28N2O2/c1-4-7-12(16(2)3)14(18)15-10-13(17)11-8-5-6-9-11/h11-13,17H,4-10H2,1-3H3,(H,15,18). The van der Waals surface area contributed by atoms with Crippen LogP contribution in [-0.4, -0.2) is 48.7 Å². The van der Waals surface area contributed by atoms with Crippen LogP contribution in [0.4, 0.5) is 0 Å². The number of amides is 1. The second kappa shape index (κ2) is 7.74. The van der Waals surface area contributed by atoms with E-state index in [9.17, 15) is 9.90 Å². The molecular formula is C14H28N2O2. The first-order valence-electron chi connectivity index (χ1n) is 7.18. The predicted molar refractivity (Wildman–Crippen MR) is 73.4 cm³/mol. The smallest absolute Gasteiger partial charge is 0.237 e. The van der Waals surface area contributed by atoms with Gasteiger partial charge in [0.05, 0.1) is 12.1 Å². The van der Waals surface area contributed by atoms with Crippen molar-refractivity contribution in [3.8, 4) is 0 Å². The molecule has 1 saturated carbocycles. The second-order valence-electron chi connectivity index (χ2n) is 5.63. The molecule has 1 amide bonds. The highest BCUT2D eigenvalue weighted by Gasteiger charge is 2.25. The Morgan fingerprint density at radius 3 is 2.50 bits per heavy atom. The molecule has 0 heterocycles. The number of carbonyl (C=O) groups excluding carboxylic acids is 1. The summed E-state index contributed by atoms with van der Waals surface area (Å²) >= 11 is 0. The van der Waals surface area contributed by atoms with E-state index >= 15 is 0 Å². The van der Waals surface area contributed by atoms with Gasteiger partial charge in [0.2, 0.25) is 5.91 Å². The van der Waals surface area contributed by atoms with Gasteiger partial charge in [-0.3, -0.25) is 9.69 Å². The van der Waals surface area contributed by atoms with Crippen LogP contribution in [0.1, 0.15) is 45.4 Å². The van der Waals surface area contributed by atoms with E-state index in [1.165, 1.54) is 12.8 Å². The fourth-order valence-corrected chi connectivity index (χ4v) is 2.73. The molecule has 0 aliphatic heterocycles. The lowest BCUT2D eigenvalue weighted by atomic mass is 10.0. The minimum absolute atomic E-state index is 0.0406. The van der Waals surface area contributed by atoms with Gasteiger partial charge in [-0.2, -0.15) is 0 Å². The molecule has 1 aliphatic carbocycles. The normalized spacial score (nSPS) is 20.1. The Balaban J connectivity index is 2.33.